The summed E-state index contributed by atoms with van der Waals surface area (Å²) < 4.78 is 7.37. The Morgan fingerprint density at radius 1 is 1.10 bits per heavy atom. The van der Waals surface area contributed by atoms with E-state index >= 15 is 0 Å². The molecule has 31 heavy (non-hydrogen) atoms. The molecule has 0 spiro atoms. The number of aliphatic imine (C=N–C) groups is 1. The predicted octanol–water partition coefficient (Wildman–Crippen LogP) is 3.17. The molecule has 1 heterocycles. The van der Waals surface area contributed by atoms with Gasteiger partial charge in [0.2, 0.25) is 0 Å². The maximum Gasteiger partial charge on any atom is 0.407 e. The van der Waals surface area contributed by atoms with E-state index in [0.29, 0.717) is 13.1 Å². The van der Waals surface area contributed by atoms with E-state index in [0.717, 1.165) is 37.7 Å². The number of rotatable bonds is 9. The lowest BCUT2D eigenvalue weighted by molar-refractivity contribution is 0.0527. The second kappa shape index (κ2) is 13.9. The Labute approximate surface area is 202 Å². The van der Waals surface area contributed by atoms with Crippen LogP contribution in [0.2, 0.25) is 0 Å². The van der Waals surface area contributed by atoms with Crippen LogP contribution in [0.15, 0.2) is 47.7 Å². The van der Waals surface area contributed by atoms with Gasteiger partial charge >= 0.3 is 6.09 Å². The molecule has 0 saturated heterocycles. The van der Waals surface area contributed by atoms with Crippen molar-refractivity contribution in [3.8, 4) is 0 Å². The summed E-state index contributed by atoms with van der Waals surface area (Å²) in [6.07, 6.45) is 5.01. The van der Waals surface area contributed by atoms with E-state index in [2.05, 4.69) is 42.6 Å². The molecule has 2 aromatic rings. The largest absolute Gasteiger partial charge is 0.444 e. The zero-order chi connectivity index (χ0) is 21.8. The number of amides is 1. The highest BCUT2D eigenvalue weighted by Crippen LogP contribution is 2.07. The van der Waals surface area contributed by atoms with Gasteiger partial charge in [0.15, 0.2) is 5.96 Å². The van der Waals surface area contributed by atoms with Crippen molar-refractivity contribution in [1.82, 2.24) is 25.5 Å². The minimum atomic E-state index is -0.482. The first-order chi connectivity index (χ1) is 14.4. The van der Waals surface area contributed by atoms with Gasteiger partial charge in [0.1, 0.15) is 11.4 Å². The predicted molar refractivity (Wildman–Crippen MR) is 135 cm³/mol. The number of ether oxygens (including phenoxy) is 1. The molecule has 0 bridgehead atoms. The number of imidazole rings is 1. The van der Waals surface area contributed by atoms with Crippen molar-refractivity contribution in [1.29, 1.82) is 0 Å². The summed E-state index contributed by atoms with van der Waals surface area (Å²) in [6.45, 7) is 8.30. The lowest BCUT2D eigenvalue weighted by atomic mass is 10.2. The van der Waals surface area contributed by atoms with Gasteiger partial charge in [-0.1, -0.05) is 30.3 Å². The normalized spacial score (nSPS) is 11.4. The summed E-state index contributed by atoms with van der Waals surface area (Å²) in [5, 5.41) is 9.29. The number of halogens is 1. The van der Waals surface area contributed by atoms with E-state index < -0.39 is 11.7 Å². The lowest BCUT2D eigenvalue weighted by Crippen LogP contribution is -2.40. The Bertz CT molecular complexity index is 802. The first-order valence-electron chi connectivity index (χ1n) is 10.3. The molecule has 9 heteroatoms. The minimum Gasteiger partial charge on any atom is -0.444 e. The van der Waals surface area contributed by atoms with Crippen molar-refractivity contribution in [3.05, 3.63) is 54.1 Å². The fourth-order valence-corrected chi connectivity index (χ4v) is 2.81. The minimum absolute atomic E-state index is 0. The van der Waals surface area contributed by atoms with Crippen LogP contribution >= 0.6 is 24.0 Å². The zero-order valence-electron chi connectivity index (χ0n) is 18.9. The average molecular weight is 542 g/mol. The van der Waals surface area contributed by atoms with Gasteiger partial charge in [-0.05, 0) is 32.8 Å². The maximum absolute atomic E-state index is 11.6. The summed E-state index contributed by atoms with van der Waals surface area (Å²) in [7, 11) is 1.74. The van der Waals surface area contributed by atoms with Crippen LogP contribution in [-0.4, -0.2) is 53.9 Å². The van der Waals surface area contributed by atoms with Crippen LogP contribution in [0.3, 0.4) is 0 Å². The molecule has 0 fully saturated rings. The Balaban J connectivity index is 0.00000480. The van der Waals surface area contributed by atoms with Crippen molar-refractivity contribution < 1.29 is 9.53 Å². The quantitative estimate of drug-likeness (QED) is 0.196. The highest BCUT2D eigenvalue weighted by molar-refractivity contribution is 14.0. The van der Waals surface area contributed by atoms with E-state index in [4.69, 9.17) is 4.74 Å². The van der Waals surface area contributed by atoms with Gasteiger partial charge in [0.25, 0.3) is 0 Å². The second-order valence-corrected chi connectivity index (χ2v) is 7.91. The molecule has 1 aromatic heterocycles. The lowest BCUT2D eigenvalue weighted by Gasteiger charge is -2.19. The summed E-state index contributed by atoms with van der Waals surface area (Å²) in [4.78, 5) is 20.3. The second-order valence-electron chi connectivity index (χ2n) is 7.91. The molecule has 3 N–H and O–H groups in total. The van der Waals surface area contributed by atoms with Gasteiger partial charge in [-0.3, -0.25) is 4.99 Å². The summed E-state index contributed by atoms with van der Waals surface area (Å²) in [5.41, 5.74) is 0.770. The third kappa shape index (κ3) is 11.0. The van der Waals surface area contributed by atoms with Crippen LogP contribution in [0, 0.1) is 0 Å². The molecule has 1 aromatic carbocycles. The summed E-state index contributed by atoms with van der Waals surface area (Å²) in [6, 6.07) is 10.4. The molecule has 2 rings (SSSR count). The first-order valence-corrected chi connectivity index (χ1v) is 10.3. The van der Waals surface area contributed by atoms with E-state index in [-0.39, 0.29) is 24.0 Å². The van der Waals surface area contributed by atoms with Gasteiger partial charge in [-0.15, -0.1) is 24.0 Å². The zero-order valence-corrected chi connectivity index (χ0v) is 21.2. The summed E-state index contributed by atoms with van der Waals surface area (Å²) >= 11 is 0. The van der Waals surface area contributed by atoms with Gasteiger partial charge in [0.05, 0.1) is 0 Å². The number of nitrogens with zero attached hydrogens (tertiary/aromatic N) is 3. The Morgan fingerprint density at radius 2 is 1.77 bits per heavy atom. The highest BCUT2D eigenvalue weighted by Gasteiger charge is 2.15. The van der Waals surface area contributed by atoms with Crippen molar-refractivity contribution in [2.75, 3.05) is 26.7 Å². The maximum atomic E-state index is 11.6. The standard InChI is InChI=1S/C22H34N6O2.HI/c1-22(2,3)30-21(29)27-13-8-12-25-20(23-4)26-14-11-19-24-15-16-28(19)17-18-9-6-5-7-10-18;/h5-7,9-10,15-16H,8,11-14,17H2,1-4H3,(H,27,29)(H2,23,25,26);1H. The van der Waals surface area contributed by atoms with Crippen LogP contribution in [-0.2, 0) is 17.7 Å². The average Bonchev–Trinajstić information content (AvgIpc) is 3.12. The topological polar surface area (TPSA) is 92.6 Å². The van der Waals surface area contributed by atoms with Crippen LogP contribution in [0.25, 0.3) is 0 Å². The van der Waals surface area contributed by atoms with Crippen molar-refractivity contribution in [2.45, 2.75) is 45.8 Å². The van der Waals surface area contributed by atoms with Crippen LogP contribution in [0.5, 0.6) is 0 Å². The smallest absolute Gasteiger partial charge is 0.407 e. The number of benzene rings is 1. The van der Waals surface area contributed by atoms with Crippen LogP contribution < -0.4 is 16.0 Å². The van der Waals surface area contributed by atoms with E-state index in [1.54, 1.807) is 7.05 Å². The van der Waals surface area contributed by atoms with Crippen molar-refractivity contribution >= 4 is 36.0 Å². The highest BCUT2D eigenvalue weighted by atomic mass is 127. The Hall–Kier alpha value is -2.30. The molecule has 1 amide bonds. The molecule has 0 saturated carbocycles. The molecule has 0 radical (unpaired) electrons. The molecule has 172 valence electrons. The van der Waals surface area contributed by atoms with Gasteiger partial charge < -0.3 is 25.3 Å². The van der Waals surface area contributed by atoms with E-state index in [1.807, 2.05) is 51.4 Å². The fraction of sp³-hybridized carbons (Fsp3) is 0.500. The summed E-state index contributed by atoms with van der Waals surface area (Å²) in [5.74, 6) is 1.76. The molecule has 0 aliphatic heterocycles. The third-order valence-corrected chi connectivity index (χ3v) is 4.18. The van der Waals surface area contributed by atoms with Crippen LogP contribution in [0.1, 0.15) is 38.6 Å². The molecular formula is C22H35IN6O2. The Kier molecular flexibility index (Phi) is 12.0. The first kappa shape index (κ1) is 26.7. The number of alkyl carbamates (subject to hydrolysis) is 1. The number of nitrogens with one attached hydrogen (secondary N) is 3. The SMILES string of the molecule is CN=C(NCCCNC(=O)OC(C)(C)C)NCCc1nccn1Cc1ccccc1.I. The van der Waals surface area contributed by atoms with Crippen molar-refractivity contribution in [3.63, 3.8) is 0 Å². The van der Waals surface area contributed by atoms with Gasteiger partial charge in [-0.25, -0.2) is 9.78 Å². The van der Waals surface area contributed by atoms with E-state index in [9.17, 15) is 4.79 Å². The van der Waals surface area contributed by atoms with E-state index in [1.165, 1.54) is 5.56 Å². The number of guanidine groups is 1. The molecule has 8 nitrogen and oxygen atoms in total. The van der Waals surface area contributed by atoms with Gasteiger partial charge in [0, 0.05) is 52.0 Å². The van der Waals surface area contributed by atoms with Crippen LogP contribution in [0.4, 0.5) is 4.79 Å². The Morgan fingerprint density at radius 3 is 2.45 bits per heavy atom. The molecule has 0 unspecified atom stereocenters. The molecule has 0 atom stereocenters. The monoisotopic (exact) mass is 542 g/mol. The number of hydrogen-bond acceptors (Lipinski definition) is 4. The molecular weight excluding hydrogens is 507 g/mol. The third-order valence-electron chi connectivity index (χ3n) is 4.18. The van der Waals surface area contributed by atoms with Gasteiger partial charge in [-0.2, -0.15) is 0 Å². The number of carbonyl (C=O) groups excluding carboxylic acids is 1. The number of hydrogen-bond donors (Lipinski definition) is 3. The fourth-order valence-electron chi connectivity index (χ4n) is 2.81. The van der Waals surface area contributed by atoms with Crippen molar-refractivity contribution in [2.24, 2.45) is 4.99 Å². The molecule has 0 aliphatic rings. The molecule has 0 aliphatic carbocycles. The number of aromatic nitrogens is 2. The number of carbonyl (C=O) groups is 1.